The highest BCUT2D eigenvalue weighted by atomic mass is 32.2. The summed E-state index contributed by atoms with van der Waals surface area (Å²) < 4.78 is 27.3. The molecule has 1 N–H and O–H groups in total. The molecule has 0 spiro atoms. The number of hydrogen-bond donors (Lipinski definition) is 1. The molecule has 3 aromatic carbocycles. The van der Waals surface area contributed by atoms with Crippen LogP contribution in [-0.4, -0.2) is 73.6 Å². The van der Waals surface area contributed by atoms with Crippen LogP contribution in [0.1, 0.15) is 39.1 Å². The third-order valence-corrected chi connectivity index (χ3v) is 9.05. The molecule has 2 fully saturated rings. The van der Waals surface area contributed by atoms with E-state index < -0.39 is 10.0 Å². The highest BCUT2D eigenvalue weighted by Gasteiger charge is 2.28. The monoisotopic (exact) mass is 532 g/mol. The van der Waals surface area contributed by atoms with E-state index in [-0.39, 0.29) is 11.8 Å². The largest absolute Gasteiger partial charge is 0.339 e. The molecule has 0 aliphatic carbocycles. The number of amides is 2. The number of benzene rings is 3. The number of para-hydroxylation sites is 1. The molecule has 38 heavy (non-hydrogen) atoms. The van der Waals surface area contributed by atoms with Crippen LogP contribution in [0, 0.1) is 0 Å². The Hall–Kier alpha value is -3.53. The van der Waals surface area contributed by atoms with Gasteiger partial charge >= 0.3 is 0 Å². The number of anilines is 1. The molecule has 0 bridgehead atoms. The van der Waals surface area contributed by atoms with Crippen molar-refractivity contribution in [1.29, 1.82) is 0 Å². The average molecular weight is 533 g/mol. The first-order valence-corrected chi connectivity index (χ1v) is 14.4. The lowest BCUT2D eigenvalue weighted by atomic mass is 10.1. The lowest BCUT2D eigenvalue weighted by Crippen LogP contribution is -2.48. The van der Waals surface area contributed by atoms with E-state index in [0.717, 1.165) is 31.5 Å². The van der Waals surface area contributed by atoms with Gasteiger partial charge in [-0.2, -0.15) is 4.31 Å². The van der Waals surface area contributed by atoms with Gasteiger partial charge in [-0.25, -0.2) is 8.42 Å². The molecule has 9 heteroatoms. The molecule has 0 atom stereocenters. The number of carbonyl (C=O) groups is 2. The van der Waals surface area contributed by atoms with Gasteiger partial charge in [0.1, 0.15) is 0 Å². The summed E-state index contributed by atoms with van der Waals surface area (Å²) in [5.41, 5.74) is 2.58. The zero-order valence-corrected chi connectivity index (χ0v) is 22.1. The summed E-state index contributed by atoms with van der Waals surface area (Å²) in [6, 6.07) is 23.1. The number of likely N-dealkylation sites (tertiary alicyclic amines) is 1. The molecule has 5 rings (SSSR count). The summed E-state index contributed by atoms with van der Waals surface area (Å²) in [4.78, 5) is 30.2. The predicted molar refractivity (Wildman–Crippen MR) is 146 cm³/mol. The number of nitrogens with one attached hydrogen (secondary N) is 1. The number of carbonyl (C=O) groups excluding carboxylic acids is 2. The number of rotatable bonds is 7. The third-order valence-electron chi connectivity index (χ3n) is 7.13. The van der Waals surface area contributed by atoms with E-state index >= 15 is 0 Å². The Morgan fingerprint density at radius 1 is 0.737 bits per heavy atom. The van der Waals surface area contributed by atoms with Gasteiger partial charge in [0.25, 0.3) is 11.8 Å². The quantitative estimate of drug-likeness (QED) is 0.502. The van der Waals surface area contributed by atoms with Gasteiger partial charge in [0.15, 0.2) is 0 Å². The Morgan fingerprint density at radius 3 is 2.05 bits per heavy atom. The van der Waals surface area contributed by atoms with Crippen LogP contribution in [0.4, 0.5) is 5.69 Å². The molecule has 2 saturated heterocycles. The minimum absolute atomic E-state index is 0.0505. The smallest absolute Gasteiger partial charge is 0.255 e. The molecule has 0 aromatic heterocycles. The zero-order valence-electron chi connectivity index (χ0n) is 21.3. The lowest BCUT2D eigenvalue weighted by Gasteiger charge is -2.34. The van der Waals surface area contributed by atoms with Crippen molar-refractivity contribution in [2.45, 2.75) is 24.3 Å². The van der Waals surface area contributed by atoms with Crippen LogP contribution < -0.4 is 5.32 Å². The Bertz CT molecular complexity index is 1380. The molecule has 0 radical (unpaired) electrons. The Labute approximate surface area is 223 Å². The Kier molecular flexibility index (Phi) is 7.87. The van der Waals surface area contributed by atoms with Crippen LogP contribution in [0.25, 0.3) is 0 Å². The SMILES string of the molecule is O=C(Nc1ccccc1C(=O)N1CCCC1)c1ccc(CN2CCN(S(=O)(=O)c3ccccc3)CC2)cc1. The van der Waals surface area contributed by atoms with E-state index in [1.165, 1.54) is 0 Å². The molecule has 2 aliphatic heterocycles. The average Bonchev–Trinajstić information content (AvgIpc) is 3.49. The summed E-state index contributed by atoms with van der Waals surface area (Å²) in [6.45, 7) is 4.32. The predicted octanol–water partition coefficient (Wildman–Crippen LogP) is 3.68. The first-order valence-electron chi connectivity index (χ1n) is 13.0. The molecule has 3 aromatic rings. The van der Waals surface area contributed by atoms with Crippen molar-refractivity contribution in [3.05, 3.63) is 95.6 Å². The van der Waals surface area contributed by atoms with E-state index in [2.05, 4.69) is 10.2 Å². The van der Waals surface area contributed by atoms with E-state index in [1.807, 2.05) is 29.2 Å². The second-order valence-corrected chi connectivity index (χ2v) is 11.6. The van der Waals surface area contributed by atoms with Crippen molar-refractivity contribution in [3.8, 4) is 0 Å². The molecule has 2 aliphatic rings. The van der Waals surface area contributed by atoms with Gasteiger partial charge in [0, 0.05) is 51.4 Å². The Balaban J connectivity index is 1.17. The topological polar surface area (TPSA) is 90.0 Å². The minimum Gasteiger partial charge on any atom is -0.339 e. The summed E-state index contributed by atoms with van der Waals surface area (Å²) in [5.74, 6) is -0.316. The van der Waals surface area contributed by atoms with E-state index in [4.69, 9.17) is 0 Å². The highest BCUT2D eigenvalue weighted by molar-refractivity contribution is 7.89. The molecule has 198 valence electrons. The van der Waals surface area contributed by atoms with E-state index in [0.29, 0.717) is 54.4 Å². The van der Waals surface area contributed by atoms with Crippen molar-refractivity contribution in [1.82, 2.24) is 14.1 Å². The molecular weight excluding hydrogens is 500 g/mol. The lowest BCUT2D eigenvalue weighted by molar-refractivity contribution is 0.0794. The summed E-state index contributed by atoms with van der Waals surface area (Å²) >= 11 is 0. The molecule has 8 nitrogen and oxygen atoms in total. The van der Waals surface area contributed by atoms with Crippen LogP contribution in [0.5, 0.6) is 0 Å². The van der Waals surface area contributed by atoms with Crippen LogP contribution in [0.2, 0.25) is 0 Å². The maximum absolute atomic E-state index is 12.9. The van der Waals surface area contributed by atoms with Crippen molar-refractivity contribution in [2.75, 3.05) is 44.6 Å². The van der Waals surface area contributed by atoms with Crippen LogP contribution in [0.15, 0.2) is 83.8 Å². The number of nitrogens with zero attached hydrogens (tertiary/aromatic N) is 3. The van der Waals surface area contributed by atoms with Crippen LogP contribution in [-0.2, 0) is 16.6 Å². The van der Waals surface area contributed by atoms with Crippen molar-refractivity contribution in [2.24, 2.45) is 0 Å². The third kappa shape index (κ3) is 5.80. The molecular formula is C29H32N4O4S. The van der Waals surface area contributed by atoms with Gasteiger partial charge in [-0.1, -0.05) is 42.5 Å². The number of hydrogen-bond acceptors (Lipinski definition) is 5. The van der Waals surface area contributed by atoms with Gasteiger partial charge in [-0.3, -0.25) is 14.5 Å². The highest BCUT2D eigenvalue weighted by Crippen LogP contribution is 2.22. The normalized spacial score (nSPS) is 16.9. The maximum atomic E-state index is 12.9. The van der Waals surface area contributed by atoms with E-state index in [1.54, 1.807) is 58.9 Å². The van der Waals surface area contributed by atoms with Gasteiger partial charge in [-0.05, 0) is 54.8 Å². The summed E-state index contributed by atoms with van der Waals surface area (Å²) in [7, 11) is -3.47. The standard InChI is InChI=1S/C29H32N4O4S/c34-28(30-27-11-5-4-10-26(27)29(35)32-16-6-7-17-32)24-14-12-23(13-15-24)22-31-18-20-33(21-19-31)38(36,37)25-8-2-1-3-9-25/h1-5,8-15H,6-7,16-22H2,(H,30,34). The van der Waals surface area contributed by atoms with Gasteiger partial charge in [-0.15, -0.1) is 0 Å². The fraction of sp³-hybridized carbons (Fsp3) is 0.310. The van der Waals surface area contributed by atoms with Crippen LogP contribution >= 0.6 is 0 Å². The maximum Gasteiger partial charge on any atom is 0.255 e. The second kappa shape index (κ2) is 11.5. The zero-order chi connectivity index (χ0) is 26.5. The van der Waals surface area contributed by atoms with Gasteiger partial charge in [0.05, 0.1) is 16.1 Å². The fourth-order valence-electron chi connectivity index (χ4n) is 4.95. The first kappa shape index (κ1) is 26.1. The molecule has 2 heterocycles. The Morgan fingerprint density at radius 2 is 1.37 bits per heavy atom. The summed E-state index contributed by atoms with van der Waals surface area (Å²) in [5, 5.41) is 2.91. The number of sulfonamides is 1. The minimum atomic E-state index is -3.47. The first-order chi connectivity index (χ1) is 18.4. The van der Waals surface area contributed by atoms with Crippen molar-refractivity contribution >= 4 is 27.5 Å². The van der Waals surface area contributed by atoms with Gasteiger partial charge in [0.2, 0.25) is 10.0 Å². The van der Waals surface area contributed by atoms with Gasteiger partial charge < -0.3 is 10.2 Å². The van der Waals surface area contributed by atoms with Crippen LogP contribution in [0.3, 0.4) is 0 Å². The summed E-state index contributed by atoms with van der Waals surface area (Å²) in [6.07, 6.45) is 2.02. The fourth-order valence-corrected chi connectivity index (χ4v) is 6.40. The molecule has 2 amide bonds. The van der Waals surface area contributed by atoms with E-state index in [9.17, 15) is 18.0 Å². The van der Waals surface area contributed by atoms with Crippen molar-refractivity contribution in [3.63, 3.8) is 0 Å². The molecule has 0 unspecified atom stereocenters. The van der Waals surface area contributed by atoms with Crippen molar-refractivity contribution < 1.29 is 18.0 Å². The molecule has 0 saturated carbocycles. The number of piperazine rings is 1. The second-order valence-electron chi connectivity index (χ2n) is 9.69.